The van der Waals surface area contributed by atoms with Crippen LogP contribution in [-0.2, 0) is 0 Å². The quantitative estimate of drug-likeness (QED) is 0.704. The highest BCUT2D eigenvalue weighted by Gasteiger charge is 2.19. The lowest BCUT2D eigenvalue weighted by Crippen LogP contribution is -2.12. The molecule has 0 aliphatic rings. The minimum absolute atomic E-state index is 0.271. The maximum absolute atomic E-state index is 9.06. The fraction of sp³-hybridized carbons (Fsp3) is 0.158. The summed E-state index contributed by atoms with van der Waals surface area (Å²) in [4.78, 5) is 0. The highest BCUT2D eigenvalue weighted by molar-refractivity contribution is 6.32. The van der Waals surface area contributed by atoms with Crippen LogP contribution in [0.25, 0.3) is 11.5 Å². The van der Waals surface area contributed by atoms with E-state index in [-0.39, 0.29) is 6.04 Å². The van der Waals surface area contributed by atoms with E-state index in [0.717, 1.165) is 16.8 Å². The predicted octanol–water partition coefficient (Wildman–Crippen LogP) is 4.95. The van der Waals surface area contributed by atoms with Gasteiger partial charge in [0.1, 0.15) is 12.1 Å². The van der Waals surface area contributed by atoms with Crippen LogP contribution >= 0.6 is 11.6 Å². The molecule has 0 saturated heterocycles. The molecule has 2 aromatic carbocycles. The van der Waals surface area contributed by atoms with Crippen molar-refractivity contribution in [1.82, 2.24) is 10.2 Å². The molecule has 1 N–H and O–H groups in total. The van der Waals surface area contributed by atoms with Crippen LogP contribution in [0.3, 0.4) is 0 Å². The largest absolute Gasteiger partial charge is 0.418 e. The van der Waals surface area contributed by atoms with E-state index in [1.807, 2.05) is 56.7 Å². The van der Waals surface area contributed by atoms with Gasteiger partial charge in [-0.05, 0) is 43.2 Å². The van der Waals surface area contributed by atoms with E-state index in [4.69, 9.17) is 21.3 Å². The lowest BCUT2D eigenvalue weighted by atomic mass is 10.1. The summed E-state index contributed by atoms with van der Waals surface area (Å²) in [7, 11) is 0. The van der Waals surface area contributed by atoms with E-state index in [1.165, 1.54) is 0 Å². The lowest BCUT2D eigenvalue weighted by molar-refractivity contribution is 0.490. The van der Waals surface area contributed by atoms with Gasteiger partial charge in [0.25, 0.3) is 0 Å². The molecule has 0 fully saturated rings. The van der Waals surface area contributed by atoms with Crippen molar-refractivity contribution in [2.45, 2.75) is 19.9 Å². The van der Waals surface area contributed by atoms with Crippen LogP contribution < -0.4 is 5.32 Å². The zero-order valence-electron chi connectivity index (χ0n) is 13.8. The Morgan fingerprint density at radius 1 is 1.20 bits per heavy atom. The van der Waals surface area contributed by atoms with E-state index in [1.54, 1.807) is 6.07 Å². The Morgan fingerprint density at radius 3 is 2.64 bits per heavy atom. The van der Waals surface area contributed by atoms with Crippen molar-refractivity contribution in [3.05, 3.63) is 70.9 Å². The van der Waals surface area contributed by atoms with E-state index in [0.29, 0.717) is 22.4 Å². The molecular weight excluding hydrogens is 336 g/mol. The summed E-state index contributed by atoms with van der Waals surface area (Å²) in [5, 5.41) is 21.1. The third-order valence-corrected chi connectivity index (χ3v) is 4.37. The Bertz CT molecular complexity index is 915. The summed E-state index contributed by atoms with van der Waals surface area (Å²) in [6.07, 6.45) is 1.92. The molecule has 0 unspecified atom stereocenters. The van der Waals surface area contributed by atoms with E-state index < -0.39 is 0 Å². The normalized spacial score (nSPS) is 11.8. The summed E-state index contributed by atoms with van der Waals surface area (Å²) in [5.41, 5.74) is 2.93. The number of nitrogens with one attached hydrogen (secondary N) is 1. The molecule has 1 radical (unpaired) electrons. The second-order valence-corrected chi connectivity index (χ2v) is 5.86. The number of nitriles is 1. The van der Waals surface area contributed by atoms with Gasteiger partial charge in [-0.3, -0.25) is 0 Å². The van der Waals surface area contributed by atoms with E-state index in [9.17, 15) is 0 Å². The van der Waals surface area contributed by atoms with Gasteiger partial charge in [-0.15, -0.1) is 10.2 Å². The number of anilines is 1. The van der Waals surface area contributed by atoms with Crippen LogP contribution in [0.1, 0.15) is 30.0 Å². The van der Waals surface area contributed by atoms with Gasteiger partial charge >= 0.3 is 0 Å². The van der Waals surface area contributed by atoms with Gasteiger partial charge in [-0.25, -0.2) is 0 Å². The molecule has 1 atom stereocenters. The second-order valence-electron chi connectivity index (χ2n) is 5.48. The Kier molecular flexibility index (Phi) is 5.01. The lowest BCUT2D eigenvalue weighted by Gasteiger charge is -2.17. The zero-order chi connectivity index (χ0) is 17.8. The topological polar surface area (TPSA) is 74.7 Å². The van der Waals surface area contributed by atoms with Crippen molar-refractivity contribution in [1.29, 1.82) is 5.26 Å². The smallest absolute Gasteiger partial charge is 0.247 e. The van der Waals surface area contributed by atoms with Crippen molar-refractivity contribution in [2.24, 2.45) is 0 Å². The first-order valence-electron chi connectivity index (χ1n) is 7.78. The van der Waals surface area contributed by atoms with Crippen LogP contribution in [0.4, 0.5) is 5.69 Å². The molecule has 0 spiro atoms. The number of halogens is 1. The average Bonchev–Trinajstić information content (AvgIpc) is 3.14. The van der Waals surface area contributed by atoms with Gasteiger partial charge in [-0.1, -0.05) is 36.7 Å². The molecule has 1 heterocycles. The first kappa shape index (κ1) is 17.0. The molecule has 25 heavy (non-hydrogen) atoms. The number of nitrogens with zero attached hydrogens (tertiary/aromatic N) is 3. The maximum Gasteiger partial charge on any atom is 0.247 e. The van der Waals surface area contributed by atoms with Crippen molar-refractivity contribution in [3.63, 3.8) is 0 Å². The molecular formula is C19H16ClN4O. The summed E-state index contributed by atoms with van der Waals surface area (Å²) in [6.45, 7) is 3.77. The number of hydrogen-bond donors (Lipinski definition) is 1. The summed E-state index contributed by atoms with van der Waals surface area (Å²) in [5.74, 6) is 0.931. The fourth-order valence-corrected chi connectivity index (χ4v) is 2.65. The first-order chi connectivity index (χ1) is 12.1. The molecule has 3 aromatic rings. The standard InChI is InChI=1S/C19H16ClN4O/c1-3-15(22-16-10-9-14(11-21)17(20)12(16)2)19-24-23-18(25-19)13-7-5-4-6-8-13/h3-10,15,22H,1-2H3/t15-/m1/s1. The highest BCUT2D eigenvalue weighted by Crippen LogP contribution is 2.31. The molecule has 0 bridgehead atoms. The van der Waals surface area contributed by atoms with Gasteiger partial charge in [0, 0.05) is 11.3 Å². The molecule has 125 valence electrons. The van der Waals surface area contributed by atoms with Crippen molar-refractivity contribution in [2.75, 3.05) is 5.32 Å². The summed E-state index contributed by atoms with van der Waals surface area (Å²) in [6, 6.07) is 14.9. The predicted molar refractivity (Wildman–Crippen MR) is 97.0 cm³/mol. The van der Waals surface area contributed by atoms with Gasteiger partial charge in [0.2, 0.25) is 11.8 Å². The summed E-state index contributed by atoms with van der Waals surface area (Å²) < 4.78 is 5.81. The molecule has 0 amide bonds. The highest BCUT2D eigenvalue weighted by atomic mass is 35.5. The third-order valence-electron chi connectivity index (χ3n) is 3.88. The minimum atomic E-state index is -0.271. The van der Waals surface area contributed by atoms with Crippen LogP contribution in [-0.4, -0.2) is 10.2 Å². The van der Waals surface area contributed by atoms with Crippen molar-refractivity contribution in [3.8, 4) is 17.5 Å². The van der Waals surface area contributed by atoms with Crippen LogP contribution in [0.5, 0.6) is 0 Å². The van der Waals surface area contributed by atoms with Gasteiger partial charge < -0.3 is 9.73 Å². The van der Waals surface area contributed by atoms with Gasteiger partial charge in [-0.2, -0.15) is 5.26 Å². The summed E-state index contributed by atoms with van der Waals surface area (Å²) >= 11 is 6.23. The van der Waals surface area contributed by atoms with Crippen LogP contribution in [0, 0.1) is 24.7 Å². The van der Waals surface area contributed by atoms with E-state index >= 15 is 0 Å². The van der Waals surface area contributed by atoms with Crippen molar-refractivity contribution < 1.29 is 4.42 Å². The average molecular weight is 352 g/mol. The molecule has 0 aliphatic carbocycles. The molecule has 0 aliphatic heterocycles. The molecule has 5 nitrogen and oxygen atoms in total. The second kappa shape index (κ2) is 7.37. The van der Waals surface area contributed by atoms with E-state index in [2.05, 4.69) is 21.6 Å². The number of rotatable bonds is 5. The Labute approximate surface area is 151 Å². The monoisotopic (exact) mass is 351 g/mol. The van der Waals surface area contributed by atoms with Crippen LogP contribution in [0.2, 0.25) is 5.02 Å². The number of benzene rings is 2. The molecule has 3 rings (SSSR count). The van der Waals surface area contributed by atoms with Crippen LogP contribution in [0.15, 0.2) is 46.9 Å². The first-order valence-corrected chi connectivity index (χ1v) is 8.16. The third kappa shape index (κ3) is 3.49. The van der Waals surface area contributed by atoms with Crippen molar-refractivity contribution >= 4 is 17.3 Å². The molecule has 0 saturated carbocycles. The number of aromatic nitrogens is 2. The minimum Gasteiger partial charge on any atom is -0.418 e. The Morgan fingerprint density at radius 2 is 1.96 bits per heavy atom. The Balaban J connectivity index is 1.86. The number of hydrogen-bond acceptors (Lipinski definition) is 5. The maximum atomic E-state index is 9.06. The SMILES string of the molecule is C[CH][C@@H](Nc1ccc(C#N)c(Cl)c1C)c1nnc(-c2ccccc2)o1. The molecule has 6 heteroatoms. The molecule has 1 aromatic heterocycles. The fourth-order valence-electron chi connectivity index (χ4n) is 2.44. The van der Waals surface area contributed by atoms with Gasteiger partial charge in [0.15, 0.2) is 0 Å². The Hall–Kier alpha value is -2.84. The zero-order valence-corrected chi connectivity index (χ0v) is 14.6. The van der Waals surface area contributed by atoms with Gasteiger partial charge in [0.05, 0.1) is 10.6 Å².